The Morgan fingerprint density at radius 3 is 2.76 bits per heavy atom. The number of likely N-dealkylation sites (tertiary alicyclic amines) is 1. The van der Waals surface area contributed by atoms with Crippen molar-refractivity contribution in [3.8, 4) is 12.3 Å². The number of amides is 1. The van der Waals surface area contributed by atoms with Crippen LogP contribution in [0, 0.1) is 18.3 Å². The zero-order valence-electron chi connectivity index (χ0n) is 9.93. The van der Waals surface area contributed by atoms with Crippen LogP contribution in [0.15, 0.2) is 30.3 Å². The zero-order valence-corrected chi connectivity index (χ0v) is 9.93. The summed E-state index contributed by atoms with van der Waals surface area (Å²) in [5, 5.41) is 0. The van der Waals surface area contributed by atoms with Crippen LogP contribution < -0.4 is 0 Å². The summed E-state index contributed by atoms with van der Waals surface area (Å²) in [6.07, 6.45) is 7.90. The number of rotatable bonds is 4. The minimum absolute atomic E-state index is 0.124. The highest BCUT2D eigenvalue weighted by molar-refractivity contribution is 5.79. The molecule has 2 heteroatoms. The van der Waals surface area contributed by atoms with E-state index < -0.39 is 0 Å². The molecule has 17 heavy (non-hydrogen) atoms. The van der Waals surface area contributed by atoms with Crippen molar-refractivity contribution in [3.63, 3.8) is 0 Å². The van der Waals surface area contributed by atoms with E-state index in [1.165, 1.54) is 5.56 Å². The molecule has 1 aliphatic heterocycles. The lowest BCUT2D eigenvalue weighted by molar-refractivity contribution is -0.127. The van der Waals surface area contributed by atoms with E-state index in [0.717, 1.165) is 25.9 Å². The zero-order chi connectivity index (χ0) is 12.1. The van der Waals surface area contributed by atoms with Crippen molar-refractivity contribution in [1.82, 2.24) is 4.90 Å². The van der Waals surface area contributed by atoms with Gasteiger partial charge in [-0.15, -0.1) is 12.3 Å². The predicted octanol–water partition coefficient (Wildman–Crippen LogP) is 2.10. The molecule has 2 rings (SSSR count). The third kappa shape index (κ3) is 3.10. The smallest absolute Gasteiger partial charge is 0.223 e. The fraction of sp³-hybridized carbons (Fsp3) is 0.400. The second kappa shape index (κ2) is 5.54. The fourth-order valence-electron chi connectivity index (χ4n) is 2.22. The second-order valence-electron chi connectivity index (χ2n) is 4.50. The summed E-state index contributed by atoms with van der Waals surface area (Å²) in [4.78, 5) is 13.5. The molecule has 1 amide bonds. The first-order valence-electron chi connectivity index (χ1n) is 6.07. The molecule has 0 aromatic heterocycles. The summed E-state index contributed by atoms with van der Waals surface area (Å²) in [6, 6.07) is 10.4. The van der Waals surface area contributed by atoms with E-state index in [1.54, 1.807) is 0 Å². The number of aryl methyl sites for hydroxylation is 1. The van der Waals surface area contributed by atoms with Crippen molar-refractivity contribution >= 4 is 5.91 Å². The largest absolute Gasteiger partial charge is 0.341 e. The lowest BCUT2D eigenvalue weighted by Gasteiger charge is -2.15. The summed E-state index contributed by atoms with van der Waals surface area (Å²) in [5.41, 5.74) is 1.33. The summed E-state index contributed by atoms with van der Waals surface area (Å²) < 4.78 is 0. The van der Waals surface area contributed by atoms with Crippen molar-refractivity contribution < 1.29 is 4.79 Å². The molecule has 0 radical (unpaired) electrons. The van der Waals surface area contributed by atoms with E-state index in [0.29, 0.717) is 6.42 Å². The molecular weight excluding hydrogens is 210 g/mol. The molecule has 2 nitrogen and oxygen atoms in total. The number of nitrogens with zero attached hydrogens (tertiary/aromatic N) is 1. The Morgan fingerprint density at radius 1 is 1.35 bits per heavy atom. The van der Waals surface area contributed by atoms with Crippen molar-refractivity contribution in [3.05, 3.63) is 35.9 Å². The third-order valence-electron chi connectivity index (χ3n) is 3.19. The van der Waals surface area contributed by atoms with E-state index in [1.807, 2.05) is 23.1 Å². The molecule has 1 saturated heterocycles. The molecule has 1 aliphatic rings. The van der Waals surface area contributed by atoms with Crippen LogP contribution in [0.1, 0.15) is 18.4 Å². The Kier molecular flexibility index (Phi) is 3.82. The van der Waals surface area contributed by atoms with Gasteiger partial charge < -0.3 is 4.90 Å². The van der Waals surface area contributed by atoms with Gasteiger partial charge in [0.1, 0.15) is 0 Å². The van der Waals surface area contributed by atoms with E-state index in [2.05, 4.69) is 18.1 Å². The Bertz CT molecular complexity index is 418. The number of carbonyl (C=O) groups excluding carboxylic acids is 1. The van der Waals surface area contributed by atoms with Gasteiger partial charge in [-0.3, -0.25) is 4.79 Å². The van der Waals surface area contributed by atoms with Crippen LogP contribution in [0.5, 0.6) is 0 Å². The first kappa shape index (κ1) is 11.7. The van der Waals surface area contributed by atoms with Gasteiger partial charge in [-0.25, -0.2) is 0 Å². The monoisotopic (exact) mass is 227 g/mol. The second-order valence-corrected chi connectivity index (χ2v) is 4.50. The van der Waals surface area contributed by atoms with Crippen LogP contribution in [0.3, 0.4) is 0 Å². The number of benzene rings is 1. The fourth-order valence-corrected chi connectivity index (χ4v) is 2.22. The average Bonchev–Trinajstić information content (AvgIpc) is 2.72. The first-order valence-corrected chi connectivity index (χ1v) is 6.07. The molecule has 0 spiro atoms. The van der Waals surface area contributed by atoms with E-state index >= 15 is 0 Å². The maximum absolute atomic E-state index is 11.6. The summed E-state index contributed by atoms with van der Waals surface area (Å²) in [7, 11) is 0. The minimum Gasteiger partial charge on any atom is -0.341 e. The van der Waals surface area contributed by atoms with Gasteiger partial charge in [-0.1, -0.05) is 30.3 Å². The van der Waals surface area contributed by atoms with Gasteiger partial charge in [0.2, 0.25) is 5.91 Å². The number of hydrogen-bond donors (Lipinski definition) is 0. The topological polar surface area (TPSA) is 20.3 Å². The van der Waals surface area contributed by atoms with Gasteiger partial charge in [-0.2, -0.15) is 0 Å². The Hall–Kier alpha value is -1.75. The SMILES string of the molecule is C#CC1CC(=O)N(CCCc2ccccc2)C1. The van der Waals surface area contributed by atoms with E-state index in [-0.39, 0.29) is 11.8 Å². The Morgan fingerprint density at radius 2 is 2.12 bits per heavy atom. The van der Waals surface area contributed by atoms with Crippen LogP contribution in [-0.4, -0.2) is 23.9 Å². The van der Waals surface area contributed by atoms with Gasteiger partial charge in [0.05, 0.1) is 0 Å². The highest BCUT2D eigenvalue weighted by atomic mass is 16.2. The lowest BCUT2D eigenvalue weighted by atomic mass is 10.1. The highest BCUT2D eigenvalue weighted by Gasteiger charge is 2.27. The predicted molar refractivity (Wildman–Crippen MR) is 68.3 cm³/mol. The van der Waals surface area contributed by atoms with Gasteiger partial charge in [0.25, 0.3) is 0 Å². The number of terminal acetylenes is 1. The molecule has 0 bridgehead atoms. The number of hydrogen-bond acceptors (Lipinski definition) is 1. The first-order chi connectivity index (χ1) is 8.29. The molecule has 0 saturated carbocycles. The molecule has 1 unspecified atom stereocenters. The molecule has 1 heterocycles. The minimum atomic E-state index is 0.124. The van der Waals surface area contributed by atoms with Crippen molar-refractivity contribution in [2.75, 3.05) is 13.1 Å². The molecule has 1 aromatic rings. The van der Waals surface area contributed by atoms with Gasteiger partial charge in [0, 0.05) is 25.4 Å². The summed E-state index contributed by atoms with van der Waals surface area (Å²) in [6.45, 7) is 1.57. The molecule has 1 atom stereocenters. The average molecular weight is 227 g/mol. The normalized spacial score (nSPS) is 19.4. The summed E-state index contributed by atoms with van der Waals surface area (Å²) in [5.74, 6) is 3.00. The molecule has 1 aromatic carbocycles. The standard InChI is InChI=1S/C15H17NO/c1-2-13-11-15(17)16(12-13)10-6-9-14-7-4-3-5-8-14/h1,3-5,7-8,13H,6,9-12H2. The molecule has 0 aliphatic carbocycles. The highest BCUT2D eigenvalue weighted by Crippen LogP contribution is 2.17. The molecule has 88 valence electrons. The van der Waals surface area contributed by atoms with Crippen molar-refractivity contribution in [2.45, 2.75) is 19.3 Å². The molecular formula is C15H17NO. The van der Waals surface area contributed by atoms with E-state index in [9.17, 15) is 4.79 Å². The molecule has 0 N–H and O–H groups in total. The van der Waals surface area contributed by atoms with Crippen molar-refractivity contribution in [2.24, 2.45) is 5.92 Å². The molecule has 1 fully saturated rings. The van der Waals surface area contributed by atoms with Crippen LogP contribution in [0.25, 0.3) is 0 Å². The van der Waals surface area contributed by atoms with Crippen LogP contribution in [0.4, 0.5) is 0 Å². The maximum Gasteiger partial charge on any atom is 0.223 e. The Labute approximate surface area is 103 Å². The van der Waals surface area contributed by atoms with Gasteiger partial charge >= 0.3 is 0 Å². The summed E-state index contributed by atoms with van der Waals surface area (Å²) >= 11 is 0. The van der Waals surface area contributed by atoms with Crippen molar-refractivity contribution in [1.29, 1.82) is 0 Å². The van der Waals surface area contributed by atoms with Gasteiger partial charge in [-0.05, 0) is 18.4 Å². The van der Waals surface area contributed by atoms with Crippen LogP contribution in [-0.2, 0) is 11.2 Å². The Balaban J connectivity index is 1.76. The van der Waals surface area contributed by atoms with E-state index in [4.69, 9.17) is 6.42 Å². The maximum atomic E-state index is 11.6. The van der Waals surface area contributed by atoms with Gasteiger partial charge in [0.15, 0.2) is 0 Å². The lowest BCUT2D eigenvalue weighted by Crippen LogP contribution is -2.26. The number of carbonyl (C=O) groups is 1. The van der Waals surface area contributed by atoms with Crippen LogP contribution >= 0.6 is 0 Å². The van der Waals surface area contributed by atoms with Crippen LogP contribution in [0.2, 0.25) is 0 Å². The third-order valence-corrected chi connectivity index (χ3v) is 3.19. The quantitative estimate of drug-likeness (QED) is 0.721.